The van der Waals surface area contributed by atoms with Crippen LogP contribution in [0.3, 0.4) is 0 Å². The van der Waals surface area contributed by atoms with Gasteiger partial charge >= 0.3 is 0 Å². The molecule has 2 amide bonds. The van der Waals surface area contributed by atoms with Crippen LogP contribution in [-0.4, -0.2) is 57.6 Å². The van der Waals surface area contributed by atoms with Crippen molar-refractivity contribution in [2.24, 2.45) is 0 Å². The molecule has 0 heterocycles. The van der Waals surface area contributed by atoms with Crippen molar-refractivity contribution in [3.8, 4) is 5.75 Å². The third-order valence-electron chi connectivity index (χ3n) is 5.09. The van der Waals surface area contributed by atoms with Crippen LogP contribution >= 0.6 is 23.2 Å². The SMILES string of the molecule is CCCNC(=O)C(C)N(Cc1ccc(OC)cc1)C(=O)CN(c1ccc(Cl)cc1Cl)S(C)(=O)=O. The molecule has 0 saturated carbocycles. The molecular weight excluding hydrogens is 501 g/mol. The molecule has 0 spiro atoms. The number of amides is 2. The van der Waals surface area contributed by atoms with Crippen molar-refractivity contribution in [2.75, 3.05) is 30.8 Å². The fraction of sp³-hybridized carbons (Fsp3) is 0.391. The van der Waals surface area contributed by atoms with E-state index < -0.39 is 28.5 Å². The van der Waals surface area contributed by atoms with Crippen LogP contribution in [0.2, 0.25) is 10.0 Å². The Balaban J connectivity index is 2.39. The summed E-state index contributed by atoms with van der Waals surface area (Å²) >= 11 is 12.2. The highest BCUT2D eigenvalue weighted by molar-refractivity contribution is 7.92. The number of carbonyl (C=O) groups is 2. The van der Waals surface area contributed by atoms with Gasteiger partial charge in [0.15, 0.2) is 0 Å². The number of carbonyl (C=O) groups excluding carboxylic acids is 2. The summed E-state index contributed by atoms with van der Waals surface area (Å²) in [5.74, 6) is -0.249. The smallest absolute Gasteiger partial charge is 0.244 e. The molecule has 8 nitrogen and oxygen atoms in total. The number of hydrogen-bond donors (Lipinski definition) is 1. The summed E-state index contributed by atoms with van der Waals surface area (Å²) in [5, 5.41) is 3.20. The van der Waals surface area contributed by atoms with Gasteiger partial charge in [-0.3, -0.25) is 13.9 Å². The second-order valence-electron chi connectivity index (χ2n) is 7.70. The van der Waals surface area contributed by atoms with Crippen molar-refractivity contribution in [3.63, 3.8) is 0 Å². The average Bonchev–Trinajstić information content (AvgIpc) is 2.79. The van der Waals surface area contributed by atoms with E-state index in [2.05, 4.69) is 5.32 Å². The van der Waals surface area contributed by atoms with Gasteiger partial charge in [0.25, 0.3) is 0 Å². The fourth-order valence-corrected chi connectivity index (χ4v) is 4.61. The van der Waals surface area contributed by atoms with Crippen LogP contribution < -0.4 is 14.4 Å². The quantitative estimate of drug-likeness (QED) is 0.478. The Hall–Kier alpha value is -2.49. The van der Waals surface area contributed by atoms with E-state index in [0.717, 1.165) is 22.5 Å². The molecule has 0 aliphatic carbocycles. The first-order valence-electron chi connectivity index (χ1n) is 10.6. The van der Waals surface area contributed by atoms with E-state index in [1.165, 1.54) is 23.1 Å². The van der Waals surface area contributed by atoms with Gasteiger partial charge in [0, 0.05) is 18.1 Å². The van der Waals surface area contributed by atoms with E-state index in [-0.39, 0.29) is 23.2 Å². The van der Waals surface area contributed by atoms with E-state index in [9.17, 15) is 18.0 Å². The summed E-state index contributed by atoms with van der Waals surface area (Å²) in [7, 11) is -2.33. The van der Waals surface area contributed by atoms with Gasteiger partial charge in [-0.1, -0.05) is 42.3 Å². The Labute approximate surface area is 210 Å². The predicted molar refractivity (Wildman–Crippen MR) is 135 cm³/mol. The summed E-state index contributed by atoms with van der Waals surface area (Å²) < 4.78 is 31.2. The van der Waals surface area contributed by atoms with Crippen LogP contribution in [0, 0.1) is 0 Å². The molecule has 2 rings (SSSR count). The zero-order valence-electron chi connectivity index (χ0n) is 19.5. The highest BCUT2D eigenvalue weighted by Gasteiger charge is 2.30. The lowest BCUT2D eigenvalue weighted by molar-refractivity contribution is -0.139. The van der Waals surface area contributed by atoms with Gasteiger partial charge in [0.1, 0.15) is 18.3 Å². The summed E-state index contributed by atoms with van der Waals surface area (Å²) in [6.45, 7) is 3.54. The molecule has 0 aromatic heterocycles. The Morgan fingerprint density at radius 1 is 1.12 bits per heavy atom. The van der Waals surface area contributed by atoms with E-state index >= 15 is 0 Å². The van der Waals surface area contributed by atoms with E-state index in [0.29, 0.717) is 17.3 Å². The number of ether oxygens (including phenoxy) is 1. The standard InChI is InChI=1S/C23H29Cl2N3O5S/c1-5-12-26-23(30)16(2)27(14-17-6-9-19(33-3)10-7-17)22(29)15-28(34(4,31)32)21-11-8-18(24)13-20(21)25/h6-11,13,16H,5,12,14-15H2,1-4H3,(H,26,30). The minimum Gasteiger partial charge on any atom is -0.497 e. The normalized spacial score (nSPS) is 12.1. The molecule has 0 aliphatic heterocycles. The number of rotatable bonds is 11. The molecule has 2 aromatic rings. The lowest BCUT2D eigenvalue weighted by Crippen LogP contribution is -2.51. The first-order valence-corrected chi connectivity index (χ1v) is 13.2. The second kappa shape index (κ2) is 12.3. The summed E-state index contributed by atoms with van der Waals surface area (Å²) in [5.41, 5.74) is 0.870. The van der Waals surface area contributed by atoms with Crippen LogP contribution in [0.4, 0.5) is 5.69 Å². The maximum atomic E-state index is 13.4. The van der Waals surface area contributed by atoms with Crippen LogP contribution in [-0.2, 0) is 26.2 Å². The lowest BCUT2D eigenvalue weighted by atomic mass is 10.1. The average molecular weight is 530 g/mol. The highest BCUT2D eigenvalue weighted by Crippen LogP contribution is 2.30. The number of sulfonamides is 1. The van der Waals surface area contributed by atoms with Gasteiger partial charge in [0.05, 0.1) is 24.1 Å². The molecule has 0 aliphatic rings. The molecule has 1 unspecified atom stereocenters. The molecule has 11 heteroatoms. The Kier molecular flexibility index (Phi) is 10.0. The molecule has 34 heavy (non-hydrogen) atoms. The first-order chi connectivity index (χ1) is 16.0. The first kappa shape index (κ1) is 27.8. The van der Waals surface area contributed by atoms with Crippen LogP contribution in [0.5, 0.6) is 5.75 Å². The molecule has 1 atom stereocenters. The van der Waals surface area contributed by atoms with Crippen molar-refractivity contribution in [1.82, 2.24) is 10.2 Å². The number of nitrogens with zero attached hydrogens (tertiary/aromatic N) is 2. The number of anilines is 1. The molecule has 0 radical (unpaired) electrons. The zero-order chi connectivity index (χ0) is 25.5. The van der Waals surface area contributed by atoms with E-state index in [4.69, 9.17) is 27.9 Å². The maximum absolute atomic E-state index is 13.4. The summed E-state index contributed by atoms with van der Waals surface area (Å²) in [4.78, 5) is 27.5. The van der Waals surface area contributed by atoms with Gasteiger partial charge in [0.2, 0.25) is 21.8 Å². The van der Waals surface area contributed by atoms with Crippen LogP contribution in [0.1, 0.15) is 25.8 Å². The van der Waals surface area contributed by atoms with Crippen molar-refractivity contribution >= 4 is 50.7 Å². The van der Waals surface area contributed by atoms with Crippen LogP contribution in [0.15, 0.2) is 42.5 Å². The van der Waals surface area contributed by atoms with Gasteiger partial charge < -0.3 is 15.0 Å². The number of methoxy groups -OCH3 is 1. The van der Waals surface area contributed by atoms with E-state index in [1.54, 1.807) is 38.3 Å². The largest absolute Gasteiger partial charge is 0.497 e. The van der Waals surface area contributed by atoms with Crippen molar-refractivity contribution in [1.29, 1.82) is 0 Å². The van der Waals surface area contributed by atoms with Crippen LogP contribution in [0.25, 0.3) is 0 Å². The molecule has 2 aromatic carbocycles. The monoisotopic (exact) mass is 529 g/mol. The molecular formula is C23H29Cl2N3O5S. The molecule has 186 valence electrons. The Bertz CT molecular complexity index is 1110. The minimum absolute atomic E-state index is 0.0844. The van der Waals surface area contributed by atoms with Gasteiger partial charge in [-0.15, -0.1) is 0 Å². The fourth-order valence-electron chi connectivity index (χ4n) is 3.18. The lowest BCUT2D eigenvalue weighted by Gasteiger charge is -2.31. The Morgan fingerprint density at radius 3 is 2.29 bits per heavy atom. The number of hydrogen-bond acceptors (Lipinski definition) is 5. The van der Waals surface area contributed by atoms with Gasteiger partial charge in [-0.2, -0.15) is 0 Å². The Morgan fingerprint density at radius 2 is 1.76 bits per heavy atom. The zero-order valence-corrected chi connectivity index (χ0v) is 21.9. The highest BCUT2D eigenvalue weighted by atomic mass is 35.5. The van der Waals surface area contributed by atoms with E-state index in [1.807, 2.05) is 6.92 Å². The van der Waals surface area contributed by atoms with Gasteiger partial charge in [-0.25, -0.2) is 8.42 Å². The predicted octanol–water partition coefficient (Wildman–Crippen LogP) is 3.71. The third-order valence-corrected chi connectivity index (χ3v) is 6.75. The van der Waals surface area contributed by atoms with Crippen molar-refractivity contribution in [3.05, 3.63) is 58.1 Å². The van der Waals surface area contributed by atoms with Crippen molar-refractivity contribution in [2.45, 2.75) is 32.9 Å². The minimum atomic E-state index is -3.88. The molecule has 0 saturated heterocycles. The van der Waals surface area contributed by atoms with Gasteiger partial charge in [-0.05, 0) is 49.2 Å². The summed E-state index contributed by atoms with van der Waals surface area (Å²) in [6, 6.07) is 10.5. The number of benzene rings is 2. The summed E-state index contributed by atoms with van der Waals surface area (Å²) in [6.07, 6.45) is 1.72. The third kappa shape index (κ3) is 7.51. The molecule has 1 N–H and O–H groups in total. The number of nitrogens with one attached hydrogen (secondary N) is 1. The number of halogens is 2. The second-order valence-corrected chi connectivity index (χ2v) is 10.5. The van der Waals surface area contributed by atoms with Crippen molar-refractivity contribution < 1.29 is 22.7 Å². The molecule has 0 bridgehead atoms. The topological polar surface area (TPSA) is 96.0 Å². The maximum Gasteiger partial charge on any atom is 0.244 e. The molecule has 0 fully saturated rings.